The van der Waals surface area contributed by atoms with E-state index in [0.29, 0.717) is 0 Å². The molecule has 0 aliphatic carbocycles. The van der Waals surface area contributed by atoms with Crippen LogP contribution in [0.3, 0.4) is 0 Å². The molecule has 106 valence electrons. The summed E-state index contributed by atoms with van der Waals surface area (Å²) in [6.07, 6.45) is 0.942. The van der Waals surface area contributed by atoms with Gasteiger partial charge in [0.25, 0.3) is 0 Å². The van der Waals surface area contributed by atoms with Crippen LogP contribution in [0.1, 0.15) is 23.7 Å². The summed E-state index contributed by atoms with van der Waals surface area (Å²) >= 11 is 0. The Morgan fingerprint density at radius 1 is 0.857 bits per heavy atom. The Morgan fingerprint density at radius 3 is 2.00 bits per heavy atom. The number of rotatable bonds is 3. The fourth-order valence-electron chi connectivity index (χ4n) is 2.42. The number of aryl methyl sites for hydroxylation is 3. The van der Waals surface area contributed by atoms with Crippen molar-refractivity contribution < 1.29 is 0 Å². The summed E-state index contributed by atoms with van der Waals surface area (Å²) in [5, 5.41) is 4.74. The van der Waals surface area contributed by atoms with Crippen molar-refractivity contribution in [2.24, 2.45) is 0 Å². The zero-order valence-corrected chi connectivity index (χ0v) is 12.8. The first-order valence-corrected chi connectivity index (χ1v) is 7.40. The van der Waals surface area contributed by atoms with Crippen molar-refractivity contribution in [2.45, 2.75) is 27.2 Å². The van der Waals surface area contributed by atoms with Crippen LogP contribution >= 0.6 is 0 Å². The largest absolute Gasteiger partial charge is 0.233 e. The molecule has 0 aliphatic heterocycles. The number of hydrogen-bond acceptors (Lipinski definition) is 1. The minimum absolute atomic E-state index is 0.942. The van der Waals surface area contributed by atoms with E-state index >= 15 is 0 Å². The van der Waals surface area contributed by atoms with Gasteiger partial charge in [0.1, 0.15) is 0 Å². The van der Waals surface area contributed by atoms with Gasteiger partial charge in [0, 0.05) is 5.56 Å². The molecular formula is C19H20N2. The van der Waals surface area contributed by atoms with Crippen LogP contribution in [0.2, 0.25) is 0 Å². The zero-order valence-electron chi connectivity index (χ0n) is 12.8. The van der Waals surface area contributed by atoms with Crippen LogP contribution in [0.25, 0.3) is 16.9 Å². The van der Waals surface area contributed by atoms with Gasteiger partial charge in [-0.25, -0.2) is 4.68 Å². The second kappa shape index (κ2) is 5.57. The van der Waals surface area contributed by atoms with E-state index in [4.69, 9.17) is 5.10 Å². The standard InChI is InChI=1S/C19H20N2/c1-4-17-13-19(16-9-5-14(2)6-10-16)21(20-17)18-11-7-15(3)8-12-18/h5-13H,4H2,1-3H3. The quantitative estimate of drug-likeness (QED) is 0.677. The lowest BCUT2D eigenvalue weighted by Crippen LogP contribution is -1.99. The summed E-state index contributed by atoms with van der Waals surface area (Å²) in [5.74, 6) is 0. The van der Waals surface area contributed by atoms with Gasteiger partial charge in [0.2, 0.25) is 0 Å². The summed E-state index contributed by atoms with van der Waals surface area (Å²) in [6, 6.07) is 19.3. The molecule has 2 aromatic carbocycles. The predicted molar refractivity (Wildman–Crippen MR) is 87.9 cm³/mol. The molecule has 3 aromatic rings. The smallest absolute Gasteiger partial charge is 0.0743 e. The van der Waals surface area contributed by atoms with Crippen LogP contribution in [0.5, 0.6) is 0 Å². The second-order valence-electron chi connectivity index (χ2n) is 5.49. The molecule has 0 spiro atoms. The molecule has 0 fully saturated rings. The monoisotopic (exact) mass is 276 g/mol. The van der Waals surface area contributed by atoms with Gasteiger partial charge in [0.05, 0.1) is 17.1 Å². The number of hydrogen-bond donors (Lipinski definition) is 0. The molecule has 2 heteroatoms. The van der Waals surface area contributed by atoms with Gasteiger partial charge in [-0.05, 0) is 38.5 Å². The van der Waals surface area contributed by atoms with Crippen molar-refractivity contribution in [3.05, 3.63) is 71.4 Å². The van der Waals surface area contributed by atoms with Crippen molar-refractivity contribution in [3.8, 4) is 16.9 Å². The average molecular weight is 276 g/mol. The zero-order chi connectivity index (χ0) is 14.8. The summed E-state index contributed by atoms with van der Waals surface area (Å²) in [6.45, 7) is 6.35. The molecule has 0 unspecified atom stereocenters. The second-order valence-corrected chi connectivity index (χ2v) is 5.49. The van der Waals surface area contributed by atoms with E-state index in [1.54, 1.807) is 0 Å². The van der Waals surface area contributed by atoms with E-state index in [0.717, 1.165) is 23.5 Å². The molecule has 0 saturated carbocycles. The van der Waals surface area contributed by atoms with E-state index in [2.05, 4.69) is 75.4 Å². The Kier molecular flexibility index (Phi) is 3.61. The van der Waals surface area contributed by atoms with Gasteiger partial charge >= 0.3 is 0 Å². The lowest BCUT2D eigenvalue weighted by atomic mass is 10.1. The molecule has 21 heavy (non-hydrogen) atoms. The summed E-state index contributed by atoms with van der Waals surface area (Å²) in [5.41, 5.74) is 7.11. The fourth-order valence-corrected chi connectivity index (χ4v) is 2.42. The molecule has 2 nitrogen and oxygen atoms in total. The summed E-state index contributed by atoms with van der Waals surface area (Å²) in [4.78, 5) is 0. The van der Waals surface area contributed by atoms with Gasteiger partial charge in [-0.3, -0.25) is 0 Å². The summed E-state index contributed by atoms with van der Waals surface area (Å²) < 4.78 is 2.04. The van der Waals surface area contributed by atoms with Gasteiger partial charge in [-0.1, -0.05) is 54.4 Å². The van der Waals surface area contributed by atoms with Crippen LogP contribution in [-0.2, 0) is 6.42 Å². The van der Waals surface area contributed by atoms with Crippen molar-refractivity contribution in [1.82, 2.24) is 9.78 Å². The lowest BCUT2D eigenvalue weighted by molar-refractivity contribution is 0.846. The Morgan fingerprint density at radius 2 is 1.43 bits per heavy atom. The predicted octanol–water partition coefficient (Wildman–Crippen LogP) is 4.72. The Hall–Kier alpha value is -2.35. The van der Waals surface area contributed by atoms with Crippen LogP contribution in [0, 0.1) is 13.8 Å². The minimum Gasteiger partial charge on any atom is -0.233 e. The SMILES string of the molecule is CCc1cc(-c2ccc(C)cc2)n(-c2ccc(C)cc2)n1. The van der Waals surface area contributed by atoms with Crippen molar-refractivity contribution in [2.75, 3.05) is 0 Å². The van der Waals surface area contributed by atoms with Crippen LogP contribution in [0.4, 0.5) is 0 Å². The van der Waals surface area contributed by atoms with Crippen LogP contribution in [0.15, 0.2) is 54.6 Å². The number of aromatic nitrogens is 2. The van der Waals surface area contributed by atoms with Gasteiger partial charge < -0.3 is 0 Å². The van der Waals surface area contributed by atoms with Gasteiger partial charge in [-0.15, -0.1) is 0 Å². The third kappa shape index (κ3) is 2.75. The molecule has 1 heterocycles. The molecule has 3 rings (SSSR count). The fraction of sp³-hybridized carbons (Fsp3) is 0.211. The molecule has 1 aromatic heterocycles. The molecular weight excluding hydrogens is 256 g/mol. The Bertz CT molecular complexity index is 671. The first-order valence-electron chi connectivity index (χ1n) is 7.40. The molecule has 0 radical (unpaired) electrons. The highest BCUT2D eigenvalue weighted by atomic mass is 15.3. The first kappa shape index (κ1) is 13.6. The van der Waals surface area contributed by atoms with Gasteiger partial charge in [0.15, 0.2) is 0 Å². The molecule has 0 saturated heterocycles. The molecule has 0 aliphatic rings. The Labute approximate surface area is 126 Å². The van der Waals surface area contributed by atoms with Crippen LogP contribution in [-0.4, -0.2) is 9.78 Å². The topological polar surface area (TPSA) is 17.8 Å². The number of benzene rings is 2. The highest BCUT2D eigenvalue weighted by molar-refractivity contribution is 5.63. The van der Waals surface area contributed by atoms with Crippen LogP contribution < -0.4 is 0 Å². The first-order chi connectivity index (χ1) is 10.2. The van der Waals surface area contributed by atoms with E-state index in [9.17, 15) is 0 Å². The molecule has 0 amide bonds. The summed E-state index contributed by atoms with van der Waals surface area (Å²) in [7, 11) is 0. The average Bonchev–Trinajstić information content (AvgIpc) is 2.93. The third-order valence-corrected chi connectivity index (χ3v) is 3.75. The maximum absolute atomic E-state index is 4.74. The minimum atomic E-state index is 0.942. The van der Waals surface area contributed by atoms with E-state index in [1.807, 2.05) is 4.68 Å². The maximum Gasteiger partial charge on any atom is 0.0743 e. The normalized spacial score (nSPS) is 10.8. The third-order valence-electron chi connectivity index (χ3n) is 3.75. The molecule has 0 bridgehead atoms. The van der Waals surface area contributed by atoms with Gasteiger partial charge in [-0.2, -0.15) is 5.10 Å². The van der Waals surface area contributed by atoms with Crippen molar-refractivity contribution in [3.63, 3.8) is 0 Å². The van der Waals surface area contributed by atoms with E-state index in [-0.39, 0.29) is 0 Å². The Balaban J connectivity index is 2.13. The molecule has 0 atom stereocenters. The van der Waals surface area contributed by atoms with Crippen molar-refractivity contribution in [1.29, 1.82) is 0 Å². The van der Waals surface area contributed by atoms with E-state index < -0.39 is 0 Å². The lowest BCUT2D eigenvalue weighted by Gasteiger charge is -2.08. The highest BCUT2D eigenvalue weighted by Gasteiger charge is 2.10. The van der Waals surface area contributed by atoms with Crippen molar-refractivity contribution >= 4 is 0 Å². The van der Waals surface area contributed by atoms with E-state index in [1.165, 1.54) is 16.7 Å². The maximum atomic E-state index is 4.74. The highest BCUT2D eigenvalue weighted by Crippen LogP contribution is 2.25. The number of nitrogens with zero attached hydrogens (tertiary/aromatic N) is 2. The molecule has 0 N–H and O–H groups in total.